The average molecular weight is 489 g/mol. The normalized spacial score (nSPS) is 15.1. The number of fused-ring (bicyclic) bond motifs is 2. The monoisotopic (exact) mass is 488 g/mol. The highest BCUT2D eigenvalue weighted by Gasteiger charge is 2.25. The van der Waals surface area contributed by atoms with Gasteiger partial charge in [-0.15, -0.1) is 0 Å². The topological polar surface area (TPSA) is 73.5 Å². The fourth-order valence-corrected chi connectivity index (χ4v) is 5.48. The third kappa shape index (κ3) is 6.19. The maximum absolute atomic E-state index is 6.38. The molecule has 1 unspecified atom stereocenters. The number of aromatic amines is 2. The predicted molar refractivity (Wildman–Crippen MR) is 140 cm³/mol. The quantitative estimate of drug-likeness (QED) is 0.297. The number of halogens is 1. The first-order chi connectivity index (χ1) is 17.3. The minimum absolute atomic E-state index is 0.293. The van der Waals surface area contributed by atoms with Crippen molar-refractivity contribution in [3.05, 3.63) is 100 Å². The first-order valence-corrected chi connectivity index (χ1v) is 13.0. The van der Waals surface area contributed by atoms with E-state index < -0.39 is 0 Å². The third-order valence-corrected chi connectivity index (χ3v) is 7.29. The zero-order chi connectivity index (χ0) is 23.9. The molecule has 1 aromatic carbocycles. The summed E-state index contributed by atoms with van der Waals surface area (Å²) in [5, 5.41) is 0.819. The Morgan fingerprint density at radius 3 is 2.26 bits per heavy atom. The number of H-pyrrole nitrogens is 2. The molecule has 5 rings (SSSR count). The number of rotatable bonds is 11. The fourth-order valence-electron chi connectivity index (χ4n) is 5.29. The summed E-state index contributed by atoms with van der Waals surface area (Å²) in [5.74, 6) is 0.293. The van der Waals surface area contributed by atoms with Gasteiger partial charge in [0.05, 0.1) is 29.7 Å². The molecule has 3 aromatic heterocycles. The lowest BCUT2D eigenvalue weighted by Gasteiger charge is -2.26. The van der Waals surface area contributed by atoms with Crippen LogP contribution in [-0.4, -0.2) is 49.5 Å². The first-order valence-electron chi connectivity index (χ1n) is 12.7. The molecule has 182 valence electrons. The predicted octanol–water partition coefficient (Wildman–Crippen LogP) is 5.37. The number of pyridine rings is 1. The number of hydrogen-bond donors (Lipinski definition) is 2. The van der Waals surface area contributed by atoms with Gasteiger partial charge in [0.25, 0.3) is 0 Å². The summed E-state index contributed by atoms with van der Waals surface area (Å²) in [4.78, 5) is 22.4. The van der Waals surface area contributed by atoms with E-state index in [0.29, 0.717) is 5.92 Å². The molecule has 6 nitrogen and oxygen atoms in total. The van der Waals surface area contributed by atoms with E-state index in [-0.39, 0.29) is 0 Å². The van der Waals surface area contributed by atoms with Crippen LogP contribution in [0.2, 0.25) is 5.02 Å². The van der Waals surface area contributed by atoms with Crippen LogP contribution in [0.3, 0.4) is 0 Å². The van der Waals surface area contributed by atoms with Crippen molar-refractivity contribution in [1.82, 2.24) is 29.8 Å². The standard InChI is InChI=1S/C28H33ClN6/c29-23-9-10-26-22(16-23)8-7-21-4-1-12-32-28(21)27(26)11-15-35(13-2-5-24-17-30-19-33-24)14-3-6-25-18-31-20-34-25/h1,4,9-10,12,16-20,27H,2-3,5-8,11,13-15H2,(H,30,33)(H,31,34). The van der Waals surface area contributed by atoms with Crippen molar-refractivity contribution in [2.45, 2.75) is 50.9 Å². The van der Waals surface area contributed by atoms with Gasteiger partial charge in [0.2, 0.25) is 0 Å². The van der Waals surface area contributed by atoms with Crippen LogP contribution in [0.4, 0.5) is 0 Å². The molecule has 0 aliphatic heterocycles. The molecule has 0 amide bonds. The first kappa shape index (κ1) is 23.8. The second-order valence-electron chi connectivity index (χ2n) is 9.40. The molecule has 2 N–H and O–H groups in total. The van der Waals surface area contributed by atoms with Crippen LogP contribution in [0.25, 0.3) is 0 Å². The summed E-state index contributed by atoms with van der Waals surface area (Å²) < 4.78 is 0. The van der Waals surface area contributed by atoms with Crippen LogP contribution in [0.5, 0.6) is 0 Å². The fraction of sp³-hybridized carbons (Fsp3) is 0.393. The number of aryl methyl sites for hydroxylation is 4. The SMILES string of the molecule is Clc1ccc2c(c1)CCc1cccnc1C2CCN(CCCc1c[nH]cn1)CCCc1c[nH]cn1. The van der Waals surface area contributed by atoms with Crippen LogP contribution in [0, 0.1) is 0 Å². The number of hydrogen-bond acceptors (Lipinski definition) is 4. The van der Waals surface area contributed by atoms with Gasteiger partial charge < -0.3 is 14.9 Å². The van der Waals surface area contributed by atoms with E-state index in [9.17, 15) is 0 Å². The van der Waals surface area contributed by atoms with Crippen molar-refractivity contribution in [1.29, 1.82) is 0 Å². The van der Waals surface area contributed by atoms with E-state index in [4.69, 9.17) is 16.6 Å². The van der Waals surface area contributed by atoms with Gasteiger partial charge >= 0.3 is 0 Å². The molecule has 0 bridgehead atoms. The molecule has 4 aromatic rings. The smallest absolute Gasteiger partial charge is 0.0923 e. The maximum Gasteiger partial charge on any atom is 0.0923 e. The second-order valence-corrected chi connectivity index (χ2v) is 9.84. The van der Waals surface area contributed by atoms with Crippen LogP contribution < -0.4 is 0 Å². The summed E-state index contributed by atoms with van der Waals surface area (Å²) in [6.07, 6.45) is 16.7. The van der Waals surface area contributed by atoms with E-state index >= 15 is 0 Å². The van der Waals surface area contributed by atoms with Crippen molar-refractivity contribution in [2.75, 3.05) is 19.6 Å². The highest BCUT2D eigenvalue weighted by molar-refractivity contribution is 6.30. The molecule has 0 saturated heterocycles. The van der Waals surface area contributed by atoms with Crippen molar-refractivity contribution >= 4 is 11.6 Å². The molecule has 1 atom stereocenters. The van der Waals surface area contributed by atoms with Gasteiger partial charge in [-0.3, -0.25) is 4.98 Å². The third-order valence-electron chi connectivity index (χ3n) is 7.06. The van der Waals surface area contributed by atoms with Crippen molar-refractivity contribution < 1.29 is 0 Å². The second kappa shape index (κ2) is 11.6. The van der Waals surface area contributed by atoms with Gasteiger partial charge in [0.15, 0.2) is 0 Å². The van der Waals surface area contributed by atoms with Crippen LogP contribution in [-0.2, 0) is 25.7 Å². The molecular formula is C28H33ClN6. The molecule has 1 aliphatic carbocycles. The Morgan fingerprint density at radius 2 is 1.57 bits per heavy atom. The highest BCUT2D eigenvalue weighted by atomic mass is 35.5. The van der Waals surface area contributed by atoms with Gasteiger partial charge in [-0.2, -0.15) is 0 Å². The molecule has 0 saturated carbocycles. The molecule has 3 heterocycles. The lowest BCUT2D eigenvalue weighted by Crippen LogP contribution is -2.29. The lowest BCUT2D eigenvalue weighted by molar-refractivity contribution is 0.259. The van der Waals surface area contributed by atoms with Crippen molar-refractivity contribution in [3.8, 4) is 0 Å². The molecule has 7 heteroatoms. The molecule has 0 radical (unpaired) electrons. The minimum atomic E-state index is 0.293. The maximum atomic E-state index is 6.38. The number of imidazole rings is 2. The van der Waals surface area contributed by atoms with Crippen LogP contribution in [0.15, 0.2) is 61.6 Å². The largest absolute Gasteiger partial charge is 0.351 e. The lowest BCUT2D eigenvalue weighted by atomic mass is 9.88. The van der Waals surface area contributed by atoms with E-state index in [0.717, 1.165) is 81.0 Å². The molecule has 1 aliphatic rings. The summed E-state index contributed by atoms with van der Waals surface area (Å²) in [6.45, 7) is 3.15. The Hall–Kier alpha value is -2.96. The summed E-state index contributed by atoms with van der Waals surface area (Å²) in [7, 11) is 0. The van der Waals surface area contributed by atoms with Gasteiger partial charge in [0, 0.05) is 29.5 Å². The van der Waals surface area contributed by atoms with Gasteiger partial charge in [-0.1, -0.05) is 23.7 Å². The molecule has 0 fully saturated rings. The Bertz CT molecular complexity index is 1150. The van der Waals surface area contributed by atoms with Crippen LogP contribution >= 0.6 is 11.6 Å². The highest BCUT2D eigenvalue weighted by Crippen LogP contribution is 2.36. The van der Waals surface area contributed by atoms with Gasteiger partial charge in [-0.25, -0.2) is 9.97 Å². The summed E-state index contributed by atoms with van der Waals surface area (Å²) >= 11 is 6.38. The molecule has 0 spiro atoms. The minimum Gasteiger partial charge on any atom is -0.351 e. The summed E-state index contributed by atoms with van der Waals surface area (Å²) in [5.41, 5.74) is 7.63. The number of nitrogens with one attached hydrogen (secondary N) is 2. The number of aromatic nitrogens is 5. The molecule has 35 heavy (non-hydrogen) atoms. The van der Waals surface area contributed by atoms with Crippen molar-refractivity contribution in [3.63, 3.8) is 0 Å². The van der Waals surface area contributed by atoms with E-state index in [1.54, 1.807) is 12.7 Å². The Morgan fingerprint density at radius 1 is 0.857 bits per heavy atom. The Labute approximate surface area is 212 Å². The number of nitrogens with zero attached hydrogens (tertiary/aromatic N) is 4. The Balaban J connectivity index is 1.29. The average Bonchev–Trinajstić information content (AvgIpc) is 3.56. The van der Waals surface area contributed by atoms with E-state index in [1.165, 1.54) is 22.4 Å². The van der Waals surface area contributed by atoms with Gasteiger partial charge in [-0.05, 0) is 99.5 Å². The van der Waals surface area contributed by atoms with E-state index in [1.807, 2.05) is 24.7 Å². The zero-order valence-electron chi connectivity index (χ0n) is 20.1. The number of benzene rings is 1. The zero-order valence-corrected chi connectivity index (χ0v) is 20.8. The van der Waals surface area contributed by atoms with Crippen LogP contribution in [0.1, 0.15) is 59.0 Å². The van der Waals surface area contributed by atoms with Crippen molar-refractivity contribution in [2.24, 2.45) is 0 Å². The summed E-state index contributed by atoms with van der Waals surface area (Å²) in [6, 6.07) is 10.7. The van der Waals surface area contributed by atoms with Gasteiger partial charge in [0.1, 0.15) is 0 Å². The van der Waals surface area contributed by atoms with E-state index in [2.05, 4.69) is 49.1 Å². The molecular weight excluding hydrogens is 456 g/mol. The Kier molecular flexibility index (Phi) is 7.91.